The molecule has 0 spiro atoms. The first-order chi connectivity index (χ1) is 7.58. The lowest BCUT2D eigenvalue weighted by Crippen LogP contribution is -2.33. The van der Waals surface area contributed by atoms with Crippen molar-refractivity contribution < 1.29 is 20.1 Å². The number of nitrogens with one attached hydrogen (secondary N) is 1. The summed E-state index contributed by atoms with van der Waals surface area (Å²) < 4.78 is 0. The van der Waals surface area contributed by atoms with Gasteiger partial charge in [0.15, 0.2) is 0 Å². The van der Waals surface area contributed by atoms with Crippen LogP contribution in [-0.4, -0.2) is 33.1 Å². The van der Waals surface area contributed by atoms with Gasteiger partial charge in [-0.3, -0.25) is 10.1 Å². The van der Waals surface area contributed by atoms with Crippen molar-refractivity contribution in [3.63, 3.8) is 0 Å². The van der Waals surface area contributed by atoms with E-state index >= 15 is 0 Å². The molecule has 1 aromatic carbocycles. The molecular weight excluding hydrogens is 230 g/mol. The van der Waals surface area contributed by atoms with Crippen LogP contribution in [-0.2, 0) is 4.79 Å². The molecular formula is C10H11NO4S. The van der Waals surface area contributed by atoms with Crippen molar-refractivity contribution in [2.45, 2.75) is 11.4 Å². The van der Waals surface area contributed by atoms with Crippen molar-refractivity contribution in [3.05, 3.63) is 23.8 Å². The van der Waals surface area contributed by atoms with Gasteiger partial charge >= 0.3 is 5.97 Å². The highest BCUT2D eigenvalue weighted by Crippen LogP contribution is 2.38. The number of aromatic hydroxyl groups is 2. The average Bonchev–Trinajstić information content (AvgIpc) is 2.66. The van der Waals surface area contributed by atoms with E-state index in [0.29, 0.717) is 11.3 Å². The Morgan fingerprint density at radius 1 is 1.44 bits per heavy atom. The number of benzene rings is 1. The Morgan fingerprint density at radius 2 is 2.19 bits per heavy atom. The SMILES string of the molecule is O=C(O)C1CSC(c2ccc(O)cc2O)N1. The van der Waals surface area contributed by atoms with Crippen molar-refractivity contribution in [2.75, 3.05) is 5.75 Å². The van der Waals surface area contributed by atoms with Crippen LogP contribution in [0.3, 0.4) is 0 Å². The standard InChI is InChI=1S/C10H11NO4S/c12-5-1-2-6(8(13)3-5)9-11-7(4-16-9)10(14)15/h1-3,7,9,11-13H,4H2,(H,14,15). The monoisotopic (exact) mass is 241 g/mol. The first-order valence-corrected chi connectivity index (χ1v) is 5.75. The highest BCUT2D eigenvalue weighted by molar-refractivity contribution is 7.99. The second-order valence-electron chi connectivity index (χ2n) is 3.51. The number of phenolic OH excluding ortho intramolecular Hbond substituents is 2. The van der Waals surface area contributed by atoms with Crippen LogP contribution in [0.1, 0.15) is 10.9 Å². The topological polar surface area (TPSA) is 89.8 Å². The fourth-order valence-electron chi connectivity index (χ4n) is 1.55. The van der Waals surface area contributed by atoms with Crippen LogP contribution in [0.4, 0.5) is 0 Å². The number of aliphatic carboxylic acids is 1. The minimum Gasteiger partial charge on any atom is -0.508 e. The fraction of sp³-hybridized carbons (Fsp3) is 0.300. The van der Waals surface area contributed by atoms with Gasteiger partial charge in [0.1, 0.15) is 17.5 Å². The molecule has 2 rings (SSSR count). The summed E-state index contributed by atoms with van der Waals surface area (Å²) in [6.07, 6.45) is 0. The lowest BCUT2D eigenvalue weighted by atomic mass is 10.2. The molecule has 16 heavy (non-hydrogen) atoms. The molecule has 0 radical (unpaired) electrons. The molecule has 4 N–H and O–H groups in total. The molecule has 6 heteroatoms. The van der Waals surface area contributed by atoms with E-state index in [0.717, 1.165) is 0 Å². The number of rotatable bonds is 2. The highest BCUT2D eigenvalue weighted by atomic mass is 32.2. The van der Waals surface area contributed by atoms with E-state index in [-0.39, 0.29) is 16.9 Å². The summed E-state index contributed by atoms with van der Waals surface area (Å²) in [7, 11) is 0. The van der Waals surface area contributed by atoms with Gasteiger partial charge in [-0.2, -0.15) is 0 Å². The molecule has 2 atom stereocenters. The Morgan fingerprint density at radius 3 is 2.75 bits per heavy atom. The van der Waals surface area contributed by atoms with Crippen molar-refractivity contribution in [2.24, 2.45) is 0 Å². The third kappa shape index (κ3) is 2.07. The second kappa shape index (κ2) is 4.23. The Kier molecular flexibility index (Phi) is 2.93. The van der Waals surface area contributed by atoms with E-state index in [2.05, 4.69) is 5.32 Å². The van der Waals surface area contributed by atoms with Crippen LogP contribution in [0.15, 0.2) is 18.2 Å². The molecule has 1 fully saturated rings. The summed E-state index contributed by atoms with van der Waals surface area (Å²) >= 11 is 1.42. The average molecular weight is 241 g/mol. The van der Waals surface area contributed by atoms with Crippen molar-refractivity contribution in [3.8, 4) is 11.5 Å². The van der Waals surface area contributed by atoms with Crippen LogP contribution in [0.2, 0.25) is 0 Å². The zero-order chi connectivity index (χ0) is 11.7. The zero-order valence-electron chi connectivity index (χ0n) is 8.25. The van der Waals surface area contributed by atoms with Crippen LogP contribution in [0.25, 0.3) is 0 Å². The molecule has 0 aromatic heterocycles. The largest absolute Gasteiger partial charge is 0.508 e. The van der Waals surface area contributed by atoms with Crippen LogP contribution in [0, 0.1) is 0 Å². The van der Waals surface area contributed by atoms with Gasteiger partial charge in [-0.1, -0.05) is 0 Å². The minimum atomic E-state index is -0.895. The molecule has 5 nitrogen and oxygen atoms in total. The van der Waals surface area contributed by atoms with Crippen LogP contribution < -0.4 is 5.32 Å². The predicted octanol–water partition coefficient (Wildman–Crippen LogP) is 0.886. The lowest BCUT2D eigenvalue weighted by molar-refractivity contribution is -0.138. The Hall–Kier alpha value is -1.40. The van der Waals surface area contributed by atoms with Gasteiger partial charge in [-0.15, -0.1) is 11.8 Å². The Labute approximate surface area is 96.1 Å². The third-order valence-electron chi connectivity index (χ3n) is 2.38. The van der Waals surface area contributed by atoms with Crippen molar-refractivity contribution in [1.29, 1.82) is 0 Å². The number of hydrogen-bond acceptors (Lipinski definition) is 5. The van der Waals surface area contributed by atoms with Gasteiger partial charge in [-0.05, 0) is 12.1 Å². The Bertz CT molecular complexity index is 423. The Balaban J connectivity index is 2.17. The van der Waals surface area contributed by atoms with E-state index in [1.54, 1.807) is 6.07 Å². The first-order valence-electron chi connectivity index (χ1n) is 4.70. The van der Waals surface area contributed by atoms with Gasteiger partial charge in [0, 0.05) is 17.4 Å². The van der Waals surface area contributed by atoms with E-state index in [9.17, 15) is 9.90 Å². The predicted molar refractivity (Wildman–Crippen MR) is 59.5 cm³/mol. The summed E-state index contributed by atoms with van der Waals surface area (Å²) in [5.41, 5.74) is 0.589. The van der Waals surface area contributed by atoms with Gasteiger partial charge in [0.05, 0.1) is 5.37 Å². The highest BCUT2D eigenvalue weighted by Gasteiger charge is 2.31. The number of carboxylic acid groups (broad SMARTS) is 1. The quantitative estimate of drug-likeness (QED) is 0.614. The molecule has 0 saturated carbocycles. The summed E-state index contributed by atoms with van der Waals surface area (Å²) in [6.45, 7) is 0. The maximum atomic E-state index is 10.7. The molecule has 1 aliphatic heterocycles. The molecule has 0 bridgehead atoms. The molecule has 0 amide bonds. The molecule has 2 unspecified atom stereocenters. The maximum absolute atomic E-state index is 10.7. The lowest BCUT2D eigenvalue weighted by Gasteiger charge is -2.12. The number of thioether (sulfide) groups is 1. The fourth-order valence-corrected chi connectivity index (χ4v) is 2.81. The van der Waals surface area contributed by atoms with Crippen LogP contribution >= 0.6 is 11.8 Å². The van der Waals surface area contributed by atoms with E-state index < -0.39 is 12.0 Å². The summed E-state index contributed by atoms with van der Waals surface area (Å²) in [4.78, 5) is 10.7. The van der Waals surface area contributed by atoms with Crippen LogP contribution in [0.5, 0.6) is 11.5 Å². The van der Waals surface area contributed by atoms with Gasteiger partial charge in [0.25, 0.3) is 0 Å². The minimum absolute atomic E-state index is 0.0148. The maximum Gasteiger partial charge on any atom is 0.321 e. The summed E-state index contributed by atoms with van der Waals surface area (Å²) in [6, 6.07) is 3.69. The van der Waals surface area contributed by atoms with E-state index in [1.807, 2.05) is 0 Å². The molecule has 1 heterocycles. The smallest absolute Gasteiger partial charge is 0.321 e. The number of carbonyl (C=O) groups is 1. The molecule has 86 valence electrons. The second-order valence-corrected chi connectivity index (χ2v) is 4.65. The molecule has 1 aliphatic rings. The van der Waals surface area contributed by atoms with Crippen molar-refractivity contribution in [1.82, 2.24) is 5.32 Å². The normalized spacial score (nSPS) is 24.5. The van der Waals surface area contributed by atoms with Gasteiger partial charge in [0.2, 0.25) is 0 Å². The molecule has 1 aromatic rings. The zero-order valence-corrected chi connectivity index (χ0v) is 9.07. The number of phenols is 2. The molecule has 1 saturated heterocycles. The van der Waals surface area contributed by atoms with E-state index in [1.165, 1.54) is 23.9 Å². The number of hydrogen-bond donors (Lipinski definition) is 4. The summed E-state index contributed by atoms with van der Waals surface area (Å²) in [5.74, 6) is -0.483. The first kappa shape index (κ1) is 11.1. The third-order valence-corrected chi connectivity index (χ3v) is 3.63. The van der Waals surface area contributed by atoms with E-state index in [4.69, 9.17) is 10.2 Å². The van der Waals surface area contributed by atoms with Crippen molar-refractivity contribution >= 4 is 17.7 Å². The van der Waals surface area contributed by atoms with Gasteiger partial charge in [-0.25, -0.2) is 0 Å². The summed E-state index contributed by atoms with van der Waals surface area (Å²) in [5, 5.41) is 30.2. The van der Waals surface area contributed by atoms with Gasteiger partial charge < -0.3 is 15.3 Å². The molecule has 0 aliphatic carbocycles. The number of carboxylic acids is 1.